The fraction of sp³-hybridized carbons (Fsp3) is 0.611. The predicted molar refractivity (Wildman–Crippen MR) is 100 cm³/mol. The molecule has 0 aromatic carbocycles. The van der Waals surface area contributed by atoms with Gasteiger partial charge in [-0.3, -0.25) is 4.68 Å². The van der Waals surface area contributed by atoms with Gasteiger partial charge in [0.1, 0.15) is 5.82 Å². The first kappa shape index (κ1) is 17.2. The first-order valence-corrected chi connectivity index (χ1v) is 9.30. The summed E-state index contributed by atoms with van der Waals surface area (Å²) in [6.07, 6.45) is 3.43. The van der Waals surface area contributed by atoms with E-state index in [1.165, 1.54) is 5.69 Å². The number of nitrogens with zero attached hydrogens (tertiary/aromatic N) is 7. The minimum Gasteiger partial charge on any atom is -0.391 e. The Morgan fingerprint density at radius 2 is 2.12 bits per heavy atom. The first-order valence-electron chi connectivity index (χ1n) is 9.30. The molecule has 2 aromatic rings. The van der Waals surface area contributed by atoms with Crippen LogP contribution in [-0.4, -0.2) is 69.6 Å². The Labute approximate surface area is 154 Å². The first-order chi connectivity index (χ1) is 12.6. The van der Waals surface area contributed by atoms with Crippen LogP contribution in [0.3, 0.4) is 0 Å². The van der Waals surface area contributed by atoms with E-state index in [0.29, 0.717) is 6.54 Å². The van der Waals surface area contributed by atoms with Crippen molar-refractivity contribution in [2.75, 3.05) is 43.5 Å². The van der Waals surface area contributed by atoms with Gasteiger partial charge in [-0.1, -0.05) is 0 Å². The average molecular weight is 357 g/mol. The number of hydrogen-bond acceptors (Lipinski definition) is 7. The zero-order valence-corrected chi connectivity index (χ0v) is 15.5. The van der Waals surface area contributed by atoms with E-state index in [4.69, 9.17) is 4.98 Å². The van der Waals surface area contributed by atoms with Crippen LogP contribution in [0.4, 0.5) is 11.8 Å². The maximum Gasteiger partial charge on any atom is 0.227 e. The fourth-order valence-electron chi connectivity index (χ4n) is 3.73. The van der Waals surface area contributed by atoms with Crippen LogP contribution in [0.2, 0.25) is 0 Å². The molecule has 8 nitrogen and oxygen atoms in total. The largest absolute Gasteiger partial charge is 0.391 e. The summed E-state index contributed by atoms with van der Waals surface area (Å²) >= 11 is 0. The molecule has 1 fully saturated rings. The van der Waals surface area contributed by atoms with Crippen molar-refractivity contribution in [3.05, 3.63) is 29.7 Å². The highest BCUT2D eigenvalue weighted by atomic mass is 16.3. The Kier molecular flexibility index (Phi) is 4.78. The third-order valence-corrected chi connectivity index (χ3v) is 4.96. The van der Waals surface area contributed by atoms with Crippen molar-refractivity contribution >= 4 is 11.8 Å². The number of anilines is 2. The van der Waals surface area contributed by atoms with Gasteiger partial charge in [-0.2, -0.15) is 10.1 Å². The van der Waals surface area contributed by atoms with Gasteiger partial charge in [0, 0.05) is 32.4 Å². The summed E-state index contributed by atoms with van der Waals surface area (Å²) in [5.74, 6) is 1.66. The summed E-state index contributed by atoms with van der Waals surface area (Å²) < 4.78 is 2.10. The monoisotopic (exact) mass is 357 g/mol. The Morgan fingerprint density at radius 3 is 2.92 bits per heavy atom. The number of fused-ring (bicyclic) bond motifs is 1. The molecule has 0 aliphatic carbocycles. The molecule has 0 saturated carbocycles. The molecule has 0 spiro atoms. The molecule has 0 radical (unpaired) electrons. The number of aliphatic hydroxyl groups is 1. The Morgan fingerprint density at radius 1 is 1.23 bits per heavy atom. The molecule has 1 N–H and O–H groups in total. The highest BCUT2D eigenvalue weighted by Gasteiger charge is 2.23. The van der Waals surface area contributed by atoms with Gasteiger partial charge in [0.15, 0.2) is 0 Å². The van der Waals surface area contributed by atoms with Gasteiger partial charge in [0.2, 0.25) is 5.95 Å². The molecule has 0 unspecified atom stereocenters. The molecule has 0 amide bonds. The lowest BCUT2D eigenvalue weighted by Crippen LogP contribution is -2.39. The molecule has 4 heterocycles. The van der Waals surface area contributed by atoms with Crippen molar-refractivity contribution in [2.45, 2.75) is 38.6 Å². The second kappa shape index (κ2) is 7.20. The van der Waals surface area contributed by atoms with Crippen LogP contribution in [0.1, 0.15) is 24.2 Å². The molecule has 26 heavy (non-hydrogen) atoms. The molecule has 1 saturated heterocycles. The smallest absolute Gasteiger partial charge is 0.227 e. The van der Waals surface area contributed by atoms with E-state index in [-0.39, 0.29) is 6.10 Å². The molecule has 2 aliphatic heterocycles. The number of hydrogen-bond donors (Lipinski definition) is 1. The van der Waals surface area contributed by atoms with Gasteiger partial charge in [0.05, 0.1) is 30.6 Å². The second-order valence-electron chi connectivity index (χ2n) is 7.47. The summed E-state index contributed by atoms with van der Waals surface area (Å²) in [6.45, 7) is 4.90. The molecular weight excluding hydrogens is 330 g/mol. The Bertz CT molecular complexity index is 760. The summed E-state index contributed by atoms with van der Waals surface area (Å²) in [7, 11) is 4.11. The van der Waals surface area contributed by atoms with Crippen LogP contribution in [-0.2, 0) is 19.6 Å². The van der Waals surface area contributed by atoms with Gasteiger partial charge in [-0.15, -0.1) is 0 Å². The van der Waals surface area contributed by atoms with Crippen LogP contribution < -0.4 is 9.80 Å². The summed E-state index contributed by atoms with van der Waals surface area (Å²) in [5, 5.41) is 14.6. The predicted octanol–water partition coefficient (Wildman–Crippen LogP) is 0.716. The average Bonchev–Trinajstić information content (AvgIpc) is 3.02. The van der Waals surface area contributed by atoms with Crippen LogP contribution >= 0.6 is 0 Å². The molecule has 0 bridgehead atoms. The zero-order valence-electron chi connectivity index (χ0n) is 15.5. The molecule has 2 aliphatic rings. The van der Waals surface area contributed by atoms with Crippen molar-refractivity contribution in [3.8, 4) is 0 Å². The number of aliphatic hydroxyl groups excluding tert-OH is 1. The maximum atomic E-state index is 9.92. The molecular formula is C18H27N7O. The van der Waals surface area contributed by atoms with Crippen molar-refractivity contribution in [3.63, 3.8) is 0 Å². The van der Waals surface area contributed by atoms with Crippen LogP contribution in [0.25, 0.3) is 0 Å². The van der Waals surface area contributed by atoms with E-state index >= 15 is 0 Å². The molecule has 8 heteroatoms. The Balaban J connectivity index is 1.50. The Hall–Kier alpha value is -2.19. The SMILES string of the molecule is CN(C)Cc1cc2n(n1)CCN(c1nccc(N3CCC[C@@H](O)C3)n1)C2. The van der Waals surface area contributed by atoms with E-state index in [1.807, 2.05) is 12.3 Å². The van der Waals surface area contributed by atoms with Gasteiger partial charge in [0.25, 0.3) is 0 Å². The van der Waals surface area contributed by atoms with Gasteiger partial charge < -0.3 is 19.8 Å². The standard InChI is InChI=1S/C18H27N7O/c1-22(2)11-14-10-15-12-24(8-9-25(15)21-14)18-19-6-5-17(20-18)23-7-3-4-16(26)13-23/h5-6,10,16,26H,3-4,7-9,11-13H2,1-2H3/t16-/m1/s1. The van der Waals surface area contributed by atoms with E-state index < -0.39 is 0 Å². The number of piperidine rings is 1. The van der Waals surface area contributed by atoms with E-state index in [2.05, 4.69) is 49.6 Å². The van der Waals surface area contributed by atoms with Gasteiger partial charge in [-0.25, -0.2) is 4.98 Å². The van der Waals surface area contributed by atoms with Crippen molar-refractivity contribution < 1.29 is 5.11 Å². The van der Waals surface area contributed by atoms with Crippen molar-refractivity contribution in [1.82, 2.24) is 24.6 Å². The topological polar surface area (TPSA) is 73.6 Å². The van der Waals surface area contributed by atoms with E-state index in [0.717, 1.165) is 63.0 Å². The fourth-order valence-corrected chi connectivity index (χ4v) is 3.73. The minimum absolute atomic E-state index is 0.262. The molecule has 1 atom stereocenters. The van der Waals surface area contributed by atoms with Crippen LogP contribution in [0, 0.1) is 0 Å². The normalized spacial score (nSPS) is 20.5. The highest BCUT2D eigenvalue weighted by Crippen LogP contribution is 2.22. The summed E-state index contributed by atoms with van der Waals surface area (Å²) in [4.78, 5) is 15.8. The van der Waals surface area contributed by atoms with Crippen LogP contribution in [0.15, 0.2) is 18.3 Å². The second-order valence-corrected chi connectivity index (χ2v) is 7.47. The van der Waals surface area contributed by atoms with Crippen molar-refractivity contribution in [1.29, 1.82) is 0 Å². The van der Waals surface area contributed by atoms with E-state index in [1.54, 1.807) is 0 Å². The molecule has 4 rings (SSSR count). The quantitative estimate of drug-likeness (QED) is 0.864. The lowest BCUT2D eigenvalue weighted by Gasteiger charge is -2.32. The molecule has 2 aromatic heterocycles. The highest BCUT2D eigenvalue weighted by molar-refractivity contribution is 5.45. The summed E-state index contributed by atoms with van der Waals surface area (Å²) in [5.41, 5.74) is 2.30. The van der Waals surface area contributed by atoms with Gasteiger partial charge >= 0.3 is 0 Å². The number of aromatic nitrogens is 4. The minimum atomic E-state index is -0.262. The third-order valence-electron chi connectivity index (χ3n) is 4.96. The summed E-state index contributed by atoms with van der Waals surface area (Å²) in [6, 6.07) is 4.11. The number of β-amino-alcohol motifs (C(OH)–C–C–N with tert-alkyl or cyclic N) is 1. The zero-order chi connectivity index (χ0) is 18.1. The third kappa shape index (κ3) is 3.66. The molecule has 140 valence electrons. The van der Waals surface area contributed by atoms with Crippen LogP contribution in [0.5, 0.6) is 0 Å². The number of rotatable bonds is 4. The maximum absolute atomic E-state index is 9.92. The van der Waals surface area contributed by atoms with Gasteiger partial charge in [-0.05, 0) is 39.1 Å². The van der Waals surface area contributed by atoms with E-state index in [9.17, 15) is 5.11 Å². The lowest BCUT2D eigenvalue weighted by atomic mass is 10.1. The van der Waals surface area contributed by atoms with Crippen molar-refractivity contribution in [2.24, 2.45) is 0 Å². The lowest BCUT2D eigenvalue weighted by molar-refractivity contribution is 0.154.